The topological polar surface area (TPSA) is 26.3 Å². The van der Waals surface area contributed by atoms with E-state index in [0.29, 0.717) is 18.8 Å². The average molecular weight is 227 g/mol. The van der Waals surface area contributed by atoms with Crippen LogP contribution in [0, 0.1) is 0 Å². The van der Waals surface area contributed by atoms with E-state index < -0.39 is 0 Å². The van der Waals surface area contributed by atoms with Gasteiger partial charge in [0, 0.05) is 10.0 Å². The predicted molar refractivity (Wildman–Crippen MR) is 48.0 cm³/mol. The van der Waals surface area contributed by atoms with Crippen molar-refractivity contribution >= 4 is 22.2 Å². The minimum Gasteiger partial charge on any atom is -0.372 e. The van der Waals surface area contributed by atoms with Gasteiger partial charge in [0.1, 0.15) is 0 Å². The highest BCUT2D eigenvalue weighted by Gasteiger charge is 2.13. The van der Waals surface area contributed by atoms with Crippen LogP contribution >= 0.6 is 15.9 Å². The Balaban J connectivity index is 2.56. The summed E-state index contributed by atoms with van der Waals surface area (Å²) in [6, 6.07) is 3.82. The van der Waals surface area contributed by atoms with Crippen molar-refractivity contribution < 1.29 is 9.53 Å². The largest absolute Gasteiger partial charge is 0.372 e. The van der Waals surface area contributed by atoms with Crippen molar-refractivity contribution in [2.24, 2.45) is 0 Å². The second-order valence-electron chi connectivity index (χ2n) is 2.75. The number of ether oxygens (including phenoxy) is 1. The molecule has 2 nitrogen and oxygen atoms in total. The number of fused-ring (bicyclic) bond motifs is 1. The molecule has 1 aromatic carbocycles. The first-order valence-corrected chi connectivity index (χ1v) is 4.45. The van der Waals surface area contributed by atoms with Crippen LogP contribution in [-0.4, -0.2) is 6.29 Å². The zero-order valence-electron chi connectivity index (χ0n) is 6.34. The first-order valence-electron chi connectivity index (χ1n) is 3.65. The van der Waals surface area contributed by atoms with Crippen LogP contribution in [0.1, 0.15) is 21.5 Å². The molecule has 0 atom stereocenters. The molecule has 1 aromatic rings. The van der Waals surface area contributed by atoms with Crippen LogP contribution in [0.3, 0.4) is 0 Å². The molecule has 0 saturated carbocycles. The zero-order chi connectivity index (χ0) is 8.55. The van der Waals surface area contributed by atoms with E-state index in [1.807, 2.05) is 12.1 Å². The number of hydrogen-bond acceptors (Lipinski definition) is 2. The molecule has 12 heavy (non-hydrogen) atoms. The molecule has 0 N–H and O–H groups in total. The van der Waals surface area contributed by atoms with E-state index in [2.05, 4.69) is 15.9 Å². The second-order valence-corrected chi connectivity index (χ2v) is 3.61. The first-order chi connectivity index (χ1) is 5.81. The molecule has 0 radical (unpaired) electrons. The molecule has 0 bridgehead atoms. The number of hydrogen-bond donors (Lipinski definition) is 0. The second kappa shape index (κ2) is 2.99. The summed E-state index contributed by atoms with van der Waals surface area (Å²) >= 11 is 3.32. The molecule has 0 aliphatic carbocycles. The summed E-state index contributed by atoms with van der Waals surface area (Å²) in [4.78, 5) is 10.6. The van der Waals surface area contributed by atoms with E-state index in [4.69, 9.17) is 4.74 Å². The number of rotatable bonds is 1. The van der Waals surface area contributed by atoms with Gasteiger partial charge >= 0.3 is 0 Å². The molecule has 2 rings (SSSR count). The average Bonchev–Trinajstić information content (AvgIpc) is 2.49. The molecule has 3 heteroatoms. The van der Waals surface area contributed by atoms with Gasteiger partial charge in [0.05, 0.1) is 13.2 Å². The zero-order valence-corrected chi connectivity index (χ0v) is 7.93. The van der Waals surface area contributed by atoms with Crippen LogP contribution < -0.4 is 0 Å². The van der Waals surface area contributed by atoms with Crippen molar-refractivity contribution in [2.45, 2.75) is 13.2 Å². The fourth-order valence-electron chi connectivity index (χ4n) is 1.31. The van der Waals surface area contributed by atoms with Gasteiger partial charge in [-0.15, -0.1) is 0 Å². The van der Waals surface area contributed by atoms with Crippen molar-refractivity contribution in [2.75, 3.05) is 0 Å². The minimum absolute atomic E-state index is 0.628. The number of halogens is 1. The normalized spacial score (nSPS) is 14.4. The maximum atomic E-state index is 10.6. The maximum Gasteiger partial charge on any atom is 0.151 e. The van der Waals surface area contributed by atoms with Crippen LogP contribution in [0.25, 0.3) is 0 Å². The molecular formula is C9H7BrO2. The van der Waals surface area contributed by atoms with Crippen LogP contribution in [0.2, 0.25) is 0 Å². The van der Waals surface area contributed by atoms with Gasteiger partial charge in [-0.3, -0.25) is 4.79 Å². The number of carbonyl (C=O) groups is 1. The molecular weight excluding hydrogens is 220 g/mol. The van der Waals surface area contributed by atoms with Gasteiger partial charge in [0.2, 0.25) is 0 Å². The van der Waals surface area contributed by atoms with Crippen molar-refractivity contribution in [3.63, 3.8) is 0 Å². The fourth-order valence-corrected chi connectivity index (χ4v) is 1.79. The molecule has 0 amide bonds. The summed E-state index contributed by atoms with van der Waals surface area (Å²) in [7, 11) is 0. The Bertz CT molecular complexity index is 334. The summed E-state index contributed by atoms with van der Waals surface area (Å²) in [5, 5.41) is 0. The summed E-state index contributed by atoms with van der Waals surface area (Å²) < 4.78 is 6.08. The lowest BCUT2D eigenvalue weighted by molar-refractivity contribution is 0.112. The lowest BCUT2D eigenvalue weighted by atomic mass is 10.1. The highest BCUT2D eigenvalue weighted by atomic mass is 79.9. The highest BCUT2D eigenvalue weighted by Crippen LogP contribution is 2.26. The van der Waals surface area contributed by atoms with E-state index in [1.165, 1.54) is 5.56 Å². The maximum absolute atomic E-state index is 10.6. The Morgan fingerprint density at radius 3 is 2.67 bits per heavy atom. The van der Waals surface area contributed by atoms with E-state index in [0.717, 1.165) is 16.3 Å². The van der Waals surface area contributed by atoms with Gasteiger partial charge < -0.3 is 4.74 Å². The summed E-state index contributed by atoms with van der Waals surface area (Å²) in [5.41, 5.74) is 2.99. The van der Waals surface area contributed by atoms with E-state index >= 15 is 0 Å². The SMILES string of the molecule is O=Cc1cc2c(cc1Br)COC2. The lowest BCUT2D eigenvalue weighted by Gasteiger charge is -2.00. The van der Waals surface area contributed by atoms with Crippen molar-refractivity contribution in [3.8, 4) is 0 Å². The molecule has 0 spiro atoms. The lowest BCUT2D eigenvalue weighted by Crippen LogP contribution is -1.88. The van der Waals surface area contributed by atoms with Crippen molar-refractivity contribution in [3.05, 3.63) is 33.3 Å². The molecule has 0 fully saturated rings. The van der Waals surface area contributed by atoms with Gasteiger partial charge in [-0.05, 0) is 23.3 Å². The molecule has 1 aliphatic heterocycles. The highest BCUT2D eigenvalue weighted by molar-refractivity contribution is 9.10. The third kappa shape index (κ3) is 1.19. The first kappa shape index (κ1) is 7.95. The van der Waals surface area contributed by atoms with Gasteiger partial charge in [0.15, 0.2) is 6.29 Å². The Hall–Kier alpha value is -0.670. The molecule has 0 unspecified atom stereocenters. The van der Waals surface area contributed by atoms with Gasteiger partial charge in [-0.2, -0.15) is 0 Å². The van der Waals surface area contributed by atoms with Gasteiger partial charge in [0.25, 0.3) is 0 Å². The molecule has 1 heterocycles. The fraction of sp³-hybridized carbons (Fsp3) is 0.222. The van der Waals surface area contributed by atoms with Gasteiger partial charge in [-0.25, -0.2) is 0 Å². The molecule has 1 aliphatic rings. The quantitative estimate of drug-likeness (QED) is 0.688. The Morgan fingerprint density at radius 1 is 1.33 bits per heavy atom. The standard InChI is InChI=1S/C9H7BrO2/c10-9-2-8-5-12-4-7(8)1-6(9)3-11/h1-3H,4-5H2. The smallest absolute Gasteiger partial charge is 0.151 e. The number of aldehydes is 1. The summed E-state index contributed by atoms with van der Waals surface area (Å²) in [5.74, 6) is 0. The minimum atomic E-state index is 0.628. The van der Waals surface area contributed by atoms with Crippen LogP contribution in [-0.2, 0) is 18.0 Å². The number of benzene rings is 1. The monoisotopic (exact) mass is 226 g/mol. The van der Waals surface area contributed by atoms with E-state index in [1.54, 1.807) is 0 Å². The summed E-state index contributed by atoms with van der Waals surface area (Å²) in [6.07, 6.45) is 0.850. The Kier molecular flexibility index (Phi) is 1.98. The van der Waals surface area contributed by atoms with Gasteiger partial charge in [-0.1, -0.05) is 15.9 Å². The number of carbonyl (C=O) groups excluding carboxylic acids is 1. The molecule has 0 saturated heterocycles. The van der Waals surface area contributed by atoms with Crippen LogP contribution in [0.15, 0.2) is 16.6 Å². The third-order valence-corrected chi connectivity index (χ3v) is 2.65. The Morgan fingerprint density at radius 2 is 2.00 bits per heavy atom. The van der Waals surface area contributed by atoms with Crippen molar-refractivity contribution in [1.82, 2.24) is 0 Å². The van der Waals surface area contributed by atoms with E-state index in [9.17, 15) is 4.79 Å². The van der Waals surface area contributed by atoms with Crippen molar-refractivity contribution in [1.29, 1.82) is 0 Å². The summed E-state index contributed by atoms with van der Waals surface area (Å²) in [6.45, 7) is 1.29. The molecule has 62 valence electrons. The predicted octanol–water partition coefficient (Wildman–Crippen LogP) is 2.29. The third-order valence-electron chi connectivity index (χ3n) is 1.96. The van der Waals surface area contributed by atoms with Crippen LogP contribution in [0.5, 0.6) is 0 Å². The van der Waals surface area contributed by atoms with Crippen LogP contribution in [0.4, 0.5) is 0 Å². The van der Waals surface area contributed by atoms with E-state index in [-0.39, 0.29) is 0 Å². The molecule has 0 aromatic heterocycles. The Labute approximate surface area is 78.7 Å².